The molecular formula is C18H34N8O6S. The van der Waals surface area contributed by atoms with Crippen molar-refractivity contribution < 1.29 is 29.1 Å². The van der Waals surface area contributed by atoms with E-state index < -0.39 is 60.2 Å². The molecule has 12 N–H and O–H groups in total. The monoisotopic (exact) mass is 490 g/mol. The first kappa shape index (κ1) is 29.9. The van der Waals surface area contributed by atoms with E-state index in [1.807, 2.05) is 0 Å². The third-order valence-electron chi connectivity index (χ3n) is 4.31. The maximum Gasteiger partial charge on any atom is 0.326 e. The number of primary amides is 1. The number of carbonyl (C=O) groups excluding carboxylic acids is 4. The highest BCUT2D eigenvalue weighted by molar-refractivity contribution is 7.98. The number of carboxylic acids is 1. The lowest BCUT2D eigenvalue weighted by molar-refractivity contribution is -0.142. The maximum absolute atomic E-state index is 12.7. The molecule has 33 heavy (non-hydrogen) atoms. The quantitative estimate of drug-likeness (QED) is 0.0602. The largest absolute Gasteiger partial charge is 0.480 e. The number of hydrogen-bond acceptors (Lipinski definition) is 8. The molecule has 0 bridgehead atoms. The molecule has 0 radical (unpaired) electrons. The number of aliphatic carboxylic acids is 1. The number of carbonyl (C=O) groups is 5. The van der Waals surface area contributed by atoms with Crippen molar-refractivity contribution >= 4 is 47.3 Å². The maximum atomic E-state index is 12.7. The molecule has 0 aliphatic heterocycles. The summed E-state index contributed by atoms with van der Waals surface area (Å²) in [6.45, 7) is 1.55. The number of amides is 4. The number of nitrogens with two attached hydrogens (primary N) is 4. The van der Waals surface area contributed by atoms with E-state index in [1.165, 1.54) is 18.7 Å². The van der Waals surface area contributed by atoms with E-state index in [1.54, 1.807) is 6.26 Å². The van der Waals surface area contributed by atoms with Crippen molar-refractivity contribution in [3.8, 4) is 0 Å². The number of carboxylic acid groups (broad SMARTS) is 1. The molecule has 0 aliphatic rings. The number of nitrogens with one attached hydrogen (secondary N) is 3. The zero-order valence-electron chi connectivity index (χ0n) is 18.7. The van der Waals surface area contributed by atoms with Crippen molar-refractivity contribution in [2.45, 2.75) is 56.8 Å². The molecule has 0 heterocycles. The van der Waals surface area contributed by atoms with Crippen LogP contribution in [0.25, 0.3) is 0 Å². The van der Waals surface area contributed by atoms with Gasteiger partial charge in [0.05, 0.1) is 12.5 Å². The summed E-state index contributed by atoms with van der Waals surface area (Å²) >= 11 is 1.43. The molecule has 4 atom stereocenters. The van der Waals surface area contributed by atoms with E-state index in [-0.39, 0.29) is 25.3 Å². The van der Waals surface area contributed by atoms with Crippen LogP contribution in [0.2, 0.25) is 0 Å². The van der Waals surface area contributed by atoms with Crippen LogP contribution in [0, 0.1) is 0 Å². The van der Waals surface area contributed by atoms with Crippen LogP contribution < -0.4 is 38.9 Å². The average molecular weight is 491 g/mol. The fourth-order valence-electron chi connectivity index (χ4n) is 2.53. The van der Waals surface area contributed by atoms with Gasteiger partial charge in [-0.05, 0) is 38.2 Å². The van der Waals surface area contributed by atoms with Crippen LogP contribution in [0.1, 0.15) is 32.6 Å². The number of hydrogen-bond donors (Lipinski definition) is 8. The lowest BCUT2D eigenvalue weighted by Crippen LogP contribution is -2.56. The number of nitrogens with zero attached hydrogens (tertiary/aromatic N) is 1. The Labute approximate surface area is 196 Å². The first-order valence-electron chi connectivity index (χ1n) is 10.1. The van der Waals surface area contributed by atoms with Crippen LogP contribution in [0.4, 0.5) is 0 Å². The molecule has 0 aromatic carbocycles. The summed E-state index contributed by atoms with van der Waals surface area (Å²) in [5, 5.41) is 16.5. The van der Waals surface area contributed by atoms with Gasteiger partial charge in [0.15, 0.2) is 5.96 Å². The molecule has 14 nitrogen and oxygen atoms in total. The highest BCUT2D eigenvalue weighted by atomic mass is 32.2. The molecule has 0 fully saturated rings. The summed E-state index contributed by atoms with van der Waals surface area (Å²) in [7, 11) is 0. The lowest BCUT2D eigenvalue weighted by atomic mass is 10.1. The predicted molar refractivity (Wildman–Crippen MR) is 124 cm³/mol. The molecule has 4 unspecified atom stereocenters. The van der Waals surface area contributed by atoms with Crippen molar-refractivity contribution in [2.75, 3.05) is 18.6 Å². The third kappa shape index (κ3) is 13.2. The number of rotatable bonds is 16. The minimum absolute atomic E-state index is 0.0947. The standard InChI is InChI=1S/C18H34N8O6S/c1-9(14(28)26-12(17(31)32)5-7-33-2)24-16(30)11(4-3-6-23-18(21)22)25-15(29)10(19)8-13(20)27/h9-12H,3-8,19H2,1-2H3,(H2,20,27)(H,24,30)(H,25,29)(H,26,28)(H,31,32)(H4,21,22,23). The van der Waals surface area contributed by atoms with Gasteiger partial charge in [-0.2, -0.15) is 11.8 Å². The fraction of sp³-hybridized carbons (Fsp3) is 0.667. The smallest absolute Gasteiger partial charge is 0.326 e. The van der Waals surface area contributed by atoms with Crippen LogP contribution in [0.15, 0.2) is 4.99 Å². The first-order valence-corrected chi connectivity index (χ1v) is 11.5. The average Bonchev–Trinajstić information content (AvgIpc) is 2.71. The Hall–Kier alpha value is -3.07. The van der Waals surface area contributed by atoms with Gasteiger partial charge in [0, 0.05) is 6.54 Å². The molecule has 0 spiro atoms. The van der Waals surface area contributed by atoms with E-state index in [9.17, 15) is 29.1 Å². The normalized spacial score (nSPS) is 14.2. The molecule has 0 aliphatic carbocycles. The minimum Gasteiger partial charge on any atom is -0.480 e. The minimum atomic E-state index is -1.26. The summed E-state index contributed by atoms with van der Waals surface area (Å²) in [6.07, 6.45) is 2.00. The molecular weight excluding hydrogens is 456 g/mol. The number of thioether (sulfide) groups is 1. The third-order valence-corrected chi connectivity index (χ3v) is 4.96. The van der Waals surface area contributed by atoms with Crippen LogP contribution in [0.5, 0.6) is 0 Å². The van der Waals surface area contributed by atoms with Crippen LogP contribution in [-0.4, -0.2) is 83.4 Å². The second kappa shape index (κ2) is 15.7. The second-order valence-electron chi connectivity index (χ2n) is 7.20. The van der Waals surface area contributed by atoms with Crippen molar-refractivity contribution in [1.82, 2.24) is 16.0 Å². The zero-order valence-corrected chi connectivity index (χ0v) is 19.5. The molecule has 0 rings (SSSR count). The van der Waals surface area contributed by atoms with E-state index in [0.717, 1.165) is 0 Å². The summed E-state index contributed by atoms with van der Waals surface area (Å²) in [5.74, 6) is -3.78. The van der Waals surface area contributed by atoms with Crippen LogP contribution >= 0.6 is 11.8 Å². The van der Waals surface area contributed by atoms with Gasteiger partial charge in [-0.25, -0.2) is 4.79 Å². The van der Waals surface area contributed by atoms with E-state index >= 15 is 0 Å². The van der Waals surface area contributed by atoms with Crippen molar-refractivity contribution in [3.63, 3.8) is 0 Å². The molecule has 0 saturated carbocycles. The van der Waals surface area contributed by atoms with Gasteiger partial charge in [0.1, 0.15) is 18.1 Å². The molecule has 4 amide bonds. The van der Waals surface area contributed by atoms with Gasteiger partial charge in [-0.15, -0.1) is 0 Å². The lowest BCUT2D eigenvalue weighted by Gasteiger charge is -2.23. The highest BCUT2D eigenvalue weighted by Gasteiger charge is 2.28. The van der Waals surface area contributed by atoms with E-state index in [2.05, 4.69) is 20.9 Å². The molecule has 0 saturated heterocycles. The highest BCUT2D eigenvalue weighted by Crippen LogP contribution is 2.03. The summed E-state index contributed by atoms with van der Waals surface area (Å²) < 4.78 is 0. The Bertz CT molecular complexity index is 731. The van der Waals surface area contributed by atoms with Crippen molar-refractivity contribution in [2.24, 2.45) is 27.9 Å². The molecule has 0 aromatic rings. The Kier molecular flexibility index (Phi) is 14.2. The van der Waals surface area contributed by atoms with Gasteiger partial charge in [-0.3, -0.25) is 24.2 Å². The van der Waals surface area contributed by atoms with Gasteiger partial charge >= 0.3 is 5.97 Å². The second-order valence-corrected chi connectivity index (χ2v) is 8.18. The molecule has 15 heteroatoms. The van der Waals surface area contributed by atoms with Crippen LogP contribution in [0.3, 0.4) is 0 Å². The first-order chi connectivity index (χ1) is 15.4. The van der Waals surface area contributed by atoms with Crippen molar-refractivity contribution in [1.29, 1.82) is 0 Å². The van der Waals surface area contributed by atoms with E-state index in [4.69, 9.17) is 22.9 Å². The Morgan fingerprint density at radius 3 is 2.06 bits per heavy atom. The van der Waals surface area contributed by atoms with Crippen LogP contribution in [-0.2, 0) is 24.0 Å². The summed E-state index contributed by atoms with van der Waals surface area (Å²) in [5.41, 5.74) is 21.2. The predicted octanol–water partition coefficient (Wildman–Crippen LogP) is -3.45. The van der Waals surface area contributed by atoms with Gasteiger partial charge in [-0.1, -0.05) is 0 Å². The SMILES string of the molecule is CSCCC(NC(=O)C(C)NC(=O)C(CCCN=C(N)N)NC(=O)C(N)CC(N)=O)C(=O)O. The fourth-order valence-corrected chi connectivity index (χ4v) is 3.00. The number of guanidine groups is 1. The van der Waals surface area contributed by atoms with Gasteiger partial charge < -0.3 is 44.0 Å². The van der Waals surface area contributed by atoms with Crippen molar-refractivity contribution in [3.05, 3.63) is 0 Å². The Morgan fingerprint density at radius 1 is 0.939 bits per heavy atom. The topological polar surface area (TPSA) is 258 Å². The van der Waals surface area contributed by atoms with Gasteiger partial charge in [0.2, 0.25) is 23.6 Å². The van der Waals surface area contributed by atoms with Gasteiger partial charge in [0.25, 0.3) is 0 Å². The molecule has 188 valence electrons. The van der Waals surface area contributed by atoms with E-state index in [0.29, 0.717) is 12.2 Å². The summed E-state index contributed by atoms with van der Waals surface area (Å²) in [6, 6.07) is -4.58. The Morgan fingerprint density at radius 2 is 1.55 bits per heavy atom. The molecule has 0 aromatic heterocycles. The summed E-state index contributed by atoms with van der Waals surface area (Å²) in [4.78, 5) is 63.4. The Balaban J connectivity index is 5.17. The number of aliphatic imine (C=N–C) groups is 1. The zero-order chi connectivity index (χ0) is 25.6.